The van der Waals surface area contributed by atoms with E-state index in [1.165, 1.54) is 11.8 Å². The standard InChI is InChI=1S/C14H16N2O3S/c1-9-7-16(4-5-19-9)14(18)10-2-3-12-11(6-10)15-13(17)8-20-12/h2-3,6,9H,4-5,7-8H2,1H3,(H,15,17)/t9-/m1/s1. The second kappa shape index (κ2) is 5.46. The van der Waals surface area contributed by atoms with Crippen LogP contribution in [0.25, 0.3) is 0 Å². The fraction of sp³-hybridized carbons (Fsp3) is 0.429. The zero-order valence-corrected chi connectivity index (χ0v) is 12.0. The molecule has 0 aromatic heterocycles. The molecule has 2 aliphatic heterocycles. The van der Waals surface area contributed by atoms with Gasteiger partial charge in [-0.3, -0.25) is 9.59 Å². The van der Waals surface area contributed by atoms with Gasteiger partial charge >= 0.3 is 0 Å². The van der Waals surface area contributed by atoms with Crippen LogP contribution in [-0.2, 0) is 9.53 Å². The molecule has 1 fully saturated rings. The maximum Gasteiger partial charge on any atom is 0.254 e. The number of carbonyl (C=O) groups is 2. The van der Waals surface area contributed by atoms with Gasteiger partial charge in [0.2, 0.25) is 5.91 Å². The largest absolute Gasteiger partial charge is 0.375 e. The summed E-state index contributed by atoms with van der Waals surface area (Å²) in [6.45, 7) is 3.76. The first-order valence-corrected chi connectivity index (χ1v) is 7.59. The highest BCUT2D eigenvalue weighted by atomic mass is 32.2. The minimum atomic E-state index is -0.0212. The number of rotatable bonds is 1. The normalized spacial score (nSPS) is 22.1. The summed E-state index contributed by atoms with van der Waals surface area (Å²) in [6, 6.07) is 5.49. The summed E-state index contributed by atoms with van der Waals surface area (Å²) < 4.78 is 5.44. The maximum atomic E-state index is 12.5. The number of benzene rings is 1. The summed E-state index contributed by atoms with van der Waals surface area (Å²) >= 11 is 1.50. The summed E-state index contributed by atoms with van der Waals surface area (Å²) in [5, 5.41) is 2.81. The van der Waals surface area contributed by atoms with Gasteiger partial charge in [0.15, 0.2) is 0 Å². The molecule has 106 valence electrons. The second-order valence-corrected chi connectivity index (χ2v) is 6.00. The number of nitrogens with zero attached hydrogens (tertiary/aromatic N) is 1. The van der Waals surface area contributed by atoms with E-state index < -0.39 is 0 Å². The van der Waals surface area contributed by atoms with E-state index in [4.69, 9.17) is 4.74 Å². The topological polar surface area (TPSA) is 58.6 Å². The lowest BCUT2D eigenvalue weighted by Crippen LogP contribution is -2.44. The van der Waals surface area contributed by atoms with Gasteiger partial charge in [-0.15, -0.1) is 11.8 Å². The van der Waals surface area contributed by atoms with E-state index in [9.17, 15) is 9.59 Å². The molecule has 3 rings (SSSR count). The molecule has 0 saturated carbocycles. The van der Waals surface area contributed by atoms with E-state index in [1.807, 2.05) is 19.1 Å². The molecule has 2 aliphatic rings. The third kappa shape index (κ3) is 2.66. The quantitative estimate of drug-likeness (QED) is 0.854. The molecule has 5 nitrogen and oxygen atoms in total. The van der Waals surface area contributed by atoms with Crippen LogP contribution >= 0.6 is 11.8 Å². The lowest BCUT2D eigenvalue weighted by molar-refractivity contribution is -0.113. The molecule has 0 radical (unpaired) electrons. The van der Waals surface area contributed by atoms with E-state index in [-0.39, 0.29) is 17.9 Å². The van der Waals surface area contributed by atoms with Crippen LogP contribution in [0.15, 0.2) is 23.1 Å². The third-order valence-corrected chi connectivity index (χ3v) is 4.46. The summed E-state index contributed by atoms with van der Waals surface area (Å²) in [6.07, 6.45) is 0.0700. The Morgan fingerprint density at radius 1 is 1.50 bits per heavy atom. The highest BCUT2D eigenvalue weighted by Crippen LogP contribution is 2.32. The first-order chi connectivity index (χ1) is 9.63. The Balaban J connectivity index is 1.81. The molecule has 2 amide bonds. The lowest BCUT2D eigenvalue weighted by Gasteiger charge is -2.31. The van der Waals surface area contributed by atoms with Gasteiger partial charge in [0.25, 0.3) is 5.91 Å². The van der Waals surface area contributed by atoms with Crippen LogP contribution in [0.4, 0.5) is 5.69 Å². The van der Waals surface area contributed by atoms with E-state index in [0.717, 1.165) is 10.6 Å². The predicted octanol–water partition coefficient (Wildman–Crippen LogP) is 1.59. The molecule has 2 heterocycles. The molecule has 20 heavy (non-hydrogen) atoms. The number of hydrogen-bond donors (Lipinski definition) is 1. The lowest BCUT2D eigenvalue weighted by atomic mass is 10.1. The molecule has 0 aliphatic carbocycles. The number of fused-ring (bicyclic) bond motifs is 1. The number of anilines is 1. The fourth-order valence-corrected chi connectivity index (χ4v) is 3.19. The van der Waals surface area contributed by atoms with E-state index in [1.54, 1.807) is 11.0 Å². The van der Waals surface area contributed by atoms with Gasteiger partial charge in [0.1, 0.15) is 0 Å². The Morgan fingerprint density at radius 3 is 3.15 bits per heavy atom. The van der Waals surface area contributed by atoms with Crippen molar-refractivity contribution in [3.8, 4) is 0 Å². The minimum Gasteiger partial charge on any atom is -0.375 e. The molecular formula is C14H16N2O3S. The van der Waals surface area contributed by atoms with Crippen molar-refractivity contribution in [3.63, 3.8) is 0 Å². The maximum absolute atomic E-state index is 12.5. The number of hydrogen-bond acceptors (Lipinski definition) is 4. The summed E-state index contributed by atoms with van der Waals surface area (Å²) in [7, 11) is 0. The van der Waals surface area contributed by atoms with Gasteiger partial charge in [0.05, 0.1) is 24.2 Å². The summed E-state index contributed by atoms with van der Waals surface area (Å²) in [5.74, 6) is 0.404. The van der Waals surface area contributed by atoms with E-state index in [2.05, 4.69) is 5.32 Å². The predicted molar refractivity (Wildman–Crippen MR) is 77.1 cm³/mol. The summed E-state index contributed by atoms with van der Waals surface area (Å²) in [4.78, 5) is 26.7. The van der Waals surface area contributed by atoms with Crippen LogP contribution in [0.3, 0.4) is 0 Å². The van der Waals surface area contributed by atoms with Gasteiger partial charge in [0, 0.05) is 23.5 Å². The van der Waals surface area contributed by atoms with Gasteiger partial charge in [-0.1, -0.05) is 0 Å². The molecule has 0 unspecified atom stereocenters. The van der Waals surface area contributed by atoms with Crippen molar-refractivity contribution in [1.82, 2.24) is 4.90 Å². The van der Waals surface area contributed by atoms with Crippen molar-refractivity contribution in [2.75, 3.05) is 30.8 Å². The van der Waals surface area contributed by atoms with Crippen molar-refractivity contribution in [2.24, 2.45) is 0 Å². The van der Waals surface area contributed by atoms with Crippen LogP contribution in [0, 0.1) is 0 Å². The number of nitrogens with one attached hydrogen (secondary N) is 1. The number of carbonyl (C=O) groups excluding carboxylic acids is 2. The molecule has 0 spiro atoms. The van der Waals surface area contributed by atoms with Crippen molar-refractivity contribution >= 4 is 29.3 Å². The van der Waals surface area contributed by atoms with Crippen LogP contribution in [-0.4, -0.2) is 48.3 Å². The Morgan fingerprint density at radius 2 is 2.35 bits per heavy atom. The number of amides is 2. The zero-order chi connectivity index (χ0) is 14.1. The molecule has 1 saturated heterocycles. The van der Waals surface area contributed by atoms with Crippen LogP contribution < -0.4 is 5.32 Å². The van der Waals surface area contributed by atoms with Gasteiger partial charge in [-0.05, 0) is 25.1 Å². The van der Waals surface area contributed by atoms with Crippen LogP contribution in [0.1, 0.15) is 17.3 Å². The van der Waals surface area contributed by atoms with Crippen molar-refractivity contribution in [2.45, 2.75) is 17.9 Å². The van der Waals surface area contributed by atoms with Crippen LogP contribution in [0.5, 0.6) is 0 Å². The Kier molecular flexibility index (Phi) is 3.67. The van der Waals surface area contributed by atoms with Gasteiger partial charge in [-0.25, -0.2) is 0 Å². The molecular weight excluding hydrogens is 276 g/mol. The fourth-order valence-electron chi connectivity index (χ4n) is 2.40. The Bertz CT molecular complexity index is 561. The third-order valence-electron chi connectivity index (χ3n) is 3.39. The van der Waals surface area contributed by atoms with Crippen molar-refractivity contribution in [3.05, 3.63) is 23.8 Å². The number of ether oxygens (including phenoxy) is 1. The summed E-state index contributed by atoms with van der Waals surface area (Å²) in [5.41, 5.74) is 1.35. The molecule has 1 aromatic carbocycles. The minimum absolute atomic E-state index is 0.00669. The average Bonchev–Trinajstić information content (AvgIpc) is 2.45. The van der Waals surface area contributed by atoms with Crippen molar-refractivity contribution in [1.29, 1.82) is 0 Å². The second-order valence-electron chi connectivity index (χ2n) is 4.98. The molecule has 0 bridgehead atoms. The molecule has 1 N–H and O–H groups in total. The number of morpholine rings is 1. The highest BCUT2D eigenvalue weighted by Gasteiger charge is 2.24. The molecule has 1 aromatic rings. The smallest absolute Gasteiger partial charge is 0.254 e. The van der Waals surface area contributed by atoms with Crippen LogP contribution in [0.2, 0.25) is 0 Å². The zero-order valence-electron chi connectivity index (χ0n) is 11.2. The van der Waals surface area contributed by atoms with E-state index in [0.29, 0.717) is 31.0 Å². The first-order valence-electron chi connectivity index (χ1n) is 6.61. The van der Waals surface area contributed by atoms with Gasteiger partial charge in [-0.2, -0.15) is 0 Å². The monoisotopic (exact) mass is 292 g/mol. The average molecular weight is 292 g/mol. The van der Waals surface area contributed by atoms with Crippen molar-refractivity contribution < 1.29 is 14.3 Å². The van der Waals surface area contributed by atoms with Gasteiger partial charge < -0.3 is 15.0 Å². The molecule has 6 heteroatoms. The first kappa shape index (κ1) is 13.5. The Labute approximate surface area is 121 Å². The Hall–Kier alpha value is -1.53. The SMILES string of the molecule is C[C@@H]1CN(C(=O)c2ccc3c(c2)NC(=O)CS3)CCO1. The number of thioether (sulfide) groups is 1. The highest BCUT2D eigenvalue weighted by molar-refractivity contribution is 8.00. The molecule has 1 atom stereocenters. The van der Waals surface area contributed by atoms with E-state index >= 15 is 0 Å².